The summed E-state index contributed by atoms with van der Waals surface area (Å²) >= 11 is 0. The molecule has 1 saturated heterocycles. The molecule has 4 nitrogen and oxygen atoms in total. The number of ether oxygens (including phenoxy) is 1. The standard InChI is InChI=1S/C31H39NO3Si/c1-5-34-30(33)28-21-22-32(23-25-15-9-6-10-16-25)24-29(28)35-36(31(2,3)4,26-17-11-7-12-18-26)27-19-13-8-14-20-27/h6-20,28-29H,5,21-24H2,1-4H3. The Kier molecular flexibility index (Phi) is 8.45. The van der Waals surface area contributed by atoms with E-state index in [4.69, 9.17) is 9.16 Å². The van der Waals surface area contributed by atoms with Crippen LogP contribution in [0.4, 0.5) is 0 Å². The molecule has 3 aromatic rings. The highest BCUT2D eigenvalue weighted by Gasteiger charge is 2.53. The van der Waals surface area contributed by atoms with Gasteiger partial charge in [0.2, 0.25) is 0 Å². The van der Waals surface area contributed by atoms with Gasteiger partial charge in [0.05, 0.1) is 18.6 Å². The summed E-state index contributed by atoms with van der Waals surface area (Å²) in [4.78, 5) is 15.6. The summed E-state index contributed by atoms with van der Waals surface area (Å²) in [7, 11) is -2.80. The molecule has 1 aliphatic heterocycles. The van der Waals surface area contributed by atoms with Gasteiger partial charge in [0, 0.05) is 13.1 Å². The van der Waals surface area contributed by atoms with Gasteiger partial charge in [-0.3, -0.25) is 9.69 Å². The quantitative estimate of drug-likeness (QED) is 0.321. The van der Waals surface area contributed by atoms with Gasteiger partial charge in [-0.05, 0) is 40.9 Å². The molecule has 0 N–H and O–H groups in total. The number of carbonyl (C=O) groups excluding carboxylic acids is 1. The molecule has 0 spiro atoms. The molecule has 0 bridgehead atoms. The number of likely N-dealkylation sites (tertiary alicyclic amines) is 1. The first kappa shape index (κ1) is 26.3. The van der Waals surface area contributed by atoms with Crippen molar-refractivity contribution in [3.8, 4) is 0 Å². The highest BCUT2D eigenvalue weighted by molar-refractivity contribution is 6.99. The van der Waals surface area contributed by atoms with Crippen molar-refractivity contribution in [1.82, 2.24) is 4.90 Å². The molecule has 0 radical (unpaired) electrons. The lowest BCUT2D eigenvalue weighted by molar-refractivity contribution is -0.154. The van der Waals surface area contributed by atoms with Crippen LogP contribution in [0.1, 0.15) is 39.7 Å². The summed E-state index contributed by atoms with van der Waals surface area (Å²) in [6.07, 6.45) is 0.474. The van der Waals surface area contributed by atoms with Crippen LogP contribution in [0.3, 0.4) is 0 Å². The molecule has 4 rings (SSSR count). The number of piperidine rings is 1. The van der Waals surface area contributed by atoms with Crippen molar-refractivity contribution in [2.24, 2.45) is 5.92 Å². The van der Waals surface area contributed by atoms with Crippen LogP contribution in [0, 0.1) is 5.92 Å². The Bertz CT molecular complexity index is 1060. The lowest BCUT2D eigenvalue weighted by atomic mass is 9.93. The minimum atomic E-state index is -2.80. The van der Waals surface area contributed by atoms with Gasteiger partial charge in [-0.1, -0.05) is 112 Å². The van der Waals surface area contributed by atoms with E-state index in [1.807, 2.05) is 13.0 Å². The van der Waals surface area contributed by atoms with Gasteiger partial charge in [-0.15, -0.1) is 0 Å². The second-order valence-corrected chi connectivity index (χ2v) is 14.9. The maximum Gasteiger partial charge on any atom is 0.311 e. The molecule has 2 unspecified atom stereocenters. The van der Waals surface area contributed by atoms with Crippen LogP contribution in [-0.2, 0) is 20.5 Å². The lowest BCUT2D eigenvalue weighted by Gasteiger charge is -2.48. The van der Waals surface area contributed by atoms with Crippen molar-refractivity contribution in [3.63, 3.8) is 0 Å². The highest BCUT2D eigenvalue weighted by Crippen LogP contribution is 2.39. The number of benzene rings is 3. The van der Waals surface area contributed by atoms with Crippen LogP contribution >= 0.6 is 0 Å². The minimum absolute atomic E-state index is 0.139. The van der Waals surface area contributed by atoms with Crippen molar-refractivity contribution in [3.05, 3.63) is 96.6 Å². The molecule has 0 aliphatic carbocycles. The van der Waals surface area contributed by atoms with Crippen LogP contribution in [0.5, 0.6) is 0 Å². The number of hydrogen-bond donors (Lipinski definition) is 0. The summed E-state index contributed by atoms with van der Waals surface area (Å²) in [5, 5.41) is 2.30. The number of carbonyl (C=O) groups is 1. The van der Waals surface area contributed by atoms with Gasteiger partial charge in [0.1, 0.15) is 0 Å². The first-order chi connectivity index (χ1) is 17.3. The monoisotopic (exact) mass is 501 g/mol. The second kappa shape index (κ2) is 11.5. The maximum absolute atomic E-state index is 13.2. The zero-order valence-corrected chi connectivity index (χ0v) is 23.0. The number of hydrogen-bond acceptors (Lipinski definition) is 4. The van der Waals surface area contributed by atoms with E-state index in [0.717, 1.165) is 19.5 Å². The molecule has 190 valence electrons. The minimum Gasteiger partial charge on any atom is -0.466 e. The van der Waals surface area contributed by atoms with Crippen molar-refractivity contribution < 1.29 is 14.0 Å². The smallest absolute Gasteiger partial charge is 0.311 e. The molecule has 1 aliphatic rings. The van der Waals surface area contributed by atoms with Crippen molar-refractivity contribution in [2.45, 2.75) is 51.8 Å². The average molecular weight is 502 g/mol. The third-order valence-electron chi connectivity index (χ3n) is 7.23. The van der Waals surface area contributed by atoms with Crippen LogP contribution in [0.2, 0.25) is 5.04 Å². The number of esters is 1. The summed E-state index contributed by atoms with van der Waals surface area (Å²) in [5.41, 5.74) is 1.27. The van der Waals surface area contributed by atoms with Gasteiger partial charge in [-0.25, -0.2) is 0 Å². The van der Waals surface area contributed by atoms with E-state index in [0.29, 0.717) is 13.2 Å². The van der Waals surface area contributed by atoms with Crippen LogP contribution in [-0.4, -0.2) is 45.0 Å². The molecule has 0 saturated carbocycles. The Hall–Kier alpha value is -2.73. The summed E-state index contributed by atoms with van der Waals surface area (Å²) in [5.74, 6) is -0.418. The van der Waals surface area contributed by atoms with Crippen LogP contribution in [0.15, 0.2) is 91.0 Å². The van der Waals surface area contributed by atoms with E-state index in [1.54, 1.807) is 0 Å². The summed E-state index contributed by atoms with van der Waals surface area (Å²) in [6.45, 7) is 11.5. The number of nitrogens with zero attached hydrogens (tertiary/aromatic N) is 1. The Balaban J connectivity index is 1.76. The van der Waals surface area contributed by atoms with Crippen molar-refractivity contribution >= 4 is 24.7 Å². The highest BCUT2D eigenvalue weighted by atomic mass is 28.4. The predicted molar refractivity (Wildman–Crippen MR) is 149 cm³/mol. The topological polar surface area (TPSA) is 38.8 Å². The molecule has 5 heteroatoms. The Morgan fingerprint density at radius 2 is 1.42 bits per heavy atom. The first-order valence-electron chi connectivity index (χ1n) is 13.1. The zero-order chi connectivity index (χ0) is 25.6. The Labute approximate surface area is 217 Å². The third kappa shape index (κ3) is 5.64. The second-order valence-electron chi connectivity index (χ2n) is 10.7. The SMILES string of the molecule is CCOC(=O)C1CCN(Cc2ccccc2)CC1O[Si](c1ccccc1)(c1ccccc1)C(C)(C)C. The molecular formula is C31H39NO3Si. The van der Waals surface area contributed by atoms with Gasteiger partial charge in [0.25, 0.3) is 8.32 Å². The Morgan fingerprint density at radius 3 is 1.92 bits per heavy atom. The van der Waals surface area contributed by atoms with Crippen LogP contribution in [0.25, 0.3) is 0 Å². The molecule has 36 heavy (non-hydrogen) atoms. The van der Waals surface area contributed by atoms with E-state index in [1.165, 1.54) is 15.9 Å². The fourth-order valence-corrected chi connectivity index (χ4v) is 10.2. The predicted octanol–water partition coefficient (Wildman–Crippen LogP) is 5.02. The van der Waals surface area contributed by atoms with Crippen molar-refractivity contribution in [2.75, 3.05) is 19.7 Å². The van der Waals surface area contributed by atoms with E-state index in [9.17, 15) is 4.79 Å². The average Bonchev–Trinajstić information content (AvgIpc) is 2.88. The summed E-state index contributed by atoms with van der Waals surface area (Å²) < 4.78 is 13.0. The molecule has 0 amide bonds. The fourth-order valence-electron chi connectivity index (χ4n) is 5.52. The molecule has 2 atom stereocenters. The summed E-state index contributed by atoms with van der Waals surface area (Å²) in [6, 6.07) is 31.8. The van der Waals surface area contributed by atoms with Gasteiger partial charge < -0.3 is 9.16 Å². The van der Waals surface area contributed by atoms with Gasteiger partial charge >= 0.3 is 5.97 Å². The Morgan fingerprint density at radius 1 is 0.889 bits per heavy atom. The lowest BCUT2D eigenvalue weighted by Crippen LogP contribution is -2.69. The van der Waals surface area contributed by atoms with E-state index in [-0.39, 0.29) is 23.0 Å². The number of rotatable bonds is 8. The molecular weight excluding hydrogens is 462 g/mol. The van der Waals surface area contributed by atoms with Crippen molar-refractivity contribution in [1.29, 1.82) is 0 Å². The van der Waals surface area contributed by atoms with E-state index >= 15 is 0 Å². The fraction of sp³-hybridized carbons (Fsp3) is 0.387. The molecule has 1 heterocycles. The maximum atomic E-state index is 13.2. The van der Waals surface area contributed by atoms with Gasteiger partial charge in [0.15, 0.2) is 0 Å². The normalized spacial score (nSPS) is 19.1. The molecule has 0 aromatic heterocycles. The van der Waals surface area contributed by atoms with E-state index < -0.39 is 8.32 Å². The molecule has 3 aromatic carbocycles. The van der Waals surface area contributed by atoms with Crippen LogP contribution < -0.4 is 10.4 Å². The zero-order valence-electron chi connectivity index (χ0n) is 22.0. The molecule has 1 fully saturated rings. The first-order valence-corrected chi connectivity index (χ1v) is 15.0. The van der Waals surface area contributed by atoms with E-state index in [2.05, 4.69) is 111 Å². The third-order valence-corrected chi connectivity index (χ3v) is 12.3. The van der Waals surface area contributed by atoms with Gasteiger partial charge in [-0.2, -0.15) is 0 Å². The largest absolute Gasteiger partial charge is 0.466 e.